The van der Waals surface area contributed by atoms with Crippen molar-refractivity contribution in [3.63, 3.8) is 0 Å². The zero-order valence-electron chi connectivity index (χ0n) is 41.8. The van der Waals surface area contributed by atoms with Crippen molar-refractivity contribution in [3.05, 3.63) is 234 Å². The Morgan fingerprint density at radius 3 is 1.84 bits per heavy atom. The number of aromatic nitrogens is 4. The van der Waals surface area contributed by atoms with Gasteiger partial charge < -0.3 is 13.9 Å². The van der Waals surface area contributed by atoms with Gasteiger partial charge in [-0.25, -0.2) is 4.98 Å². The molecule has 0 bridgehead atoms. The molecule has 10 rings (SSSR count). The van der Waals surface area contributed by atoms with Crippen molar-refractivity contribution in [3.8, 4) is 39.8 Å². The molecule has 354 valence electrons. The van der Waals surface area contributed by atoms with Crippen LogP contribution in [-0.4, -0.2) is 14.1 Å². The molecule has 5 nitrogen and oxygen atoms in total. The first-order valence-corrected chi connectivity index (χ1v) is 24.0. The van der Waals surface area contributed by atoms with E-state index in [-0.39, 0.29) is 37.3 Å². The third kappa shape index (κ3) is 9.09. The zero-order valence-corrected chi connectivity index (χ0v) is 44.1. The maximum Gasteiger partial charge on any atom is 0.267 e. The normalized spacial score (nSPS) is 12.3. The van der Waals surface area contributed by atoms with Crippen molar-refractivity contribution in [2.75, 3.05) is 0 Å². The number of pyridine rings is 1. The second-order valence-corrected chi connectivity index (χ2v) is 21.5. The van der Waals surface area contributed by atoms with Gasteiger partial charge in [-0.05, 0) is 85.6 Å². The van der Waals surface area contributed by atoms with Gasteiger partial charge in [-0.1, -0.05) is 195 Å². The molecule has 6 heteroatoms. The minimum Gasteiger partial charge on any atom is -0.510 e. The van der Waals surface area contributed by atoms with Crippen molar-refractivity contribution >= 4 is 21.8 Å². The molecule has 0 fully saturated rings. The number of para-hydroxylation sites is 1. The second-order valence-electron chi connectivity index (χ2n) is 21.5. The summed E-state index contributed by atoms with van der Waals surface area (Å²) in [5, 5.41) is 2.31. The molecule has 0 spiro atoms. The molecule has 0 radical (unpaired) electrons. The van der Waals surface area contributed by atoms with Crippen molar-refractivity contribution in [2.45, 2.75) is 90.9 Å². The van der Waals surface area contributed by atoms with E-state index >= 15 is 0 Å². The monoisotopic (exact) mass is 1100 g/mol. The molecule has 0 aliphatic heterocycles. The van der Waals surface area contributed by atoms with Gasteiger partial charge in [-0.3, -0.25) is 4.57 Å². The van der Waals surface area contributed by atoms with Crippen LogP contribution in [0.2, 0.25) is 0 Å². The summed E-state index contributed by atoms with van der Waals surface area (Å²) in [4.78, 5) is 4.96. The van der Waals surface area contributed by atoms with Crippen LogP contribution in [0.15, 0.2) is 182 Å². The Hall–Kier alpha value is -6.81. The van der Waals surface area contributed by atoms with Crippen molar-refractivity contribution in [2.24, 2.45) is 0 Å². The number of hydrogen-bond acceptors (Lipinski definition) is 2. The topological polar surface area (TPSA) is 35.9 Å². The number of nitrogens with zero attached hydrogens (tertiary/aromatic N) is 4. The maximum atomic E-state index is 6.93. The first kappa shape index (κ1) is 48.2. The minimum atomic E-state index is -0.428. The third-order valence-corrected chi connectivity index (χ3v) is 13.9. The smallest absolute Gasteiger partial charge is 0.267 e. The van der Waals surface area contributed by atoms with Crippen LogP contribution in [0.1, 0.15) is 103 Å². The predicted molar refractivity (Wildman–Crippen MR) is 282 cm³/mol. The average molecular weight is 1100 g/mol. The quantitative estimate of drug-likeness (QED) is 0.101. The predicted octanol–water partition coefficient (Wildman–Crippen LogP) is 15.4. The molecule has 0 unspecified atom stereocenters. The Bertz CT molecular complexity index is 3480. The van der Waals surface area contributed by atoms with Crippen LogP contribution in [0, 0.1) is 18.5 Å². The molecule has 0 atom stereocenters. The van der Waals surface area contributed by atoms with Gasteiger partial charge in [0, 0.05) is 61.3 Å². The molecule has 7 aromatic carbocycles. The van der Waals surface area contributed by atoms with Gasteiger partial charge in [0.25, 0.3) is 6.33 Å². The van der Waals surface area contributed by atoms with Gasteiger partial charge in [0.1, 0.15) is 5.82 Å². The Balaban J connectivity index is 0.00000608. The van der Waals surface area contributed by atoms with Crippen molar-refractivity contribution in [1.82, 2.24) is 14.1 Å². The van der Waals surface area contributed by atoms with Crippen LogP contribution in [0.4, 0.5) is 0 Å². The Kier molecular flexibility index (Phi) is 12.7. The van der Waals surface area contributed by atoms with Gasteiger partial charge in [-0.2, -0.15) is 12.1 Å². The van der Waals surface area contributed by atoms with Gasteiger partial charge in [0.15, 0.2) is 0 Å². The summed E-state index contributed by atoms with van der Waals surface area (Å²) in [5.74, 6) is 2.04. The maximum absolute atomic E-state index is 6.93. The zero-order chi connectivity index (χ0) is 48.3. The van der Waals surface area contributed by atoms with Crippen LogP contribution in [-0.2, 0) is 42.7 Å². The molecular formula is C64H60N4OPt-2. The molecule has 0 aliphatic carbocycles. The van der Waals surface area contributed by atoms with E-state index in [9.17, 15) is 0 Å². The number of imidazole rings is 1. The van der Waals surface area contributed by atoms with E-state index < -0.39 is 5.41 Å². The third-order valence-electron chi connectivity index (χ3n) is 13.9. The first-order valence-electron chi connectivity index (χ1n) is 24.0. The number of ether oxygens (including phenoxy) is 1. The number of hydrogen-bond donors (Lipinski definition) is 0. The van der Waals surface area contributed by atoms with Gasteiger partial charge in [0.05, 0.1) is 11.4 Å². The van der Waals surface area contributed by atoms with E-state index in [1.807, 2.05) is 18.3 Å². The van der Waals surface area contributed by atoms with Crippen LogP contribution < -0.4 is 9.30 Å². The van der Waals surface area contributed by atoms with Crippen LogP contribution >= 0.6 is 0 Å². The van der Waals surface area contributed by atoms with E-state index in [1.54, 1.807) is 0 Å². The minimum absolute atomic E-state index is 0. The average Bonchev–Trinajstić information content (AvgIpc) is 3.95. The van der Waals surface area contributed by atoms with Gasteiger partial charge in [0.2, 0.25) is 0 Å². The van der Waals surface area contributed by atoms with E-state index in [0.717, 1.165) is 55.8 Å². The summed E-state index contributed by atoms with van der Waals surface area (Å²) in [6.45, 7) is 22.7. The second kappa shape index (κ2) is 18.5. The van der Waals surface area contributed by atoms with Gasteiger partial charge >= 0.3 is 0 Å². The largest absolute Gasteiger partial charge is 0.510 e. The van der Waals surface area contributed by atoms with E-state index in [0.29, 0.717) is 11.5 Å². The molecule has 0 saturated carbocycles. The molecule has 70 heavy (non-hydrogen) atoms. The summed E-state index contributed by atoms with van der Waals surface area (Å²) in [6.07, 6.45) is 7.97. The Morgan fingerprint density at radius 2 is 1.17 bits per heavy atom. The fourth-order valence-corrected chi connectivity index (χ4v) is 9.68. The number of fused-ring (bicyclic) bond motifs is 3. The fourth-order valence-electron chi connectivity index (χ4n) is 9.68. The summed E-state index contributed by atoms with van der Waals surface area (Å²) >= 11 is 0. The molecule has 3 aromatic heterocycles. The van der Waals surface area contributed by atoms with Crippen LogP contribution in [0.3, 0.4) is 0 Å². The van der Waals surface area contributed by atoms with E-state index in [1.165, 1.54) is 27.8 Å². The summed E-state index contributed by atoms with van der Waals surface area (Å²) < 4.78 is 13.5. The summed E-state index contributed by atoms with van der Waals surface area (Å²) in [5.41, 5.74) is 12.3. The molecule has 10 aromatic rings. The Morgan fingerprint density at radius 1 is 0.529 bits per heavy atom. The van der Waals surface area contributed by atoms with Crippen LogP contribution in [0.25, 0.3) is 50.1 Å². The molecule has 0 saturated heterocycles. The van der Waals surface area contributed by atoms with Crippen molar-refractivity contribution < 1.29 is 30.4 Å². The first-order chi connectivity index (χ1) is 33.0. The van der Waals surface area contributed by atoms with E-state index in [2.05, 4.69) is 265 Å². The Labute approximate surface area is 428 Å². The summed E-state index contributed by atoms with van der Waals surface area (Å²) in [7, 11) is 0. The number of rotatable bonds is 10. The molecule has 3 heterocycles. The standard InChI is InChI=1S/C64H60N4O.Pt/c1-61(2,3)48-33-34-65-59(38-48)68-56-32-21-20-31-54(56)60-55(62(4,5)6)40-53(41-57(60)68)69-52-30-22-29-50(39-52)67-43-66(42-58(67)64(9,10)47-27-18-13-19-28-47)51-36-45(44-23-14-11-15-24-44)35-49(37-51)63(7,8)46-25-16-12-17-26-46;/h11-38,40,42H,1-10H3;/q-2;. The SMILES string of the molecule is CC(C)(C)c1ccnc(-n2c3[c-]c(Oc4[c-]c(-n5[c-][n+](-c6cc(-c7ccccc7)cc(C(C)(C)c7ccccc7)c6)cc5C(C)(C)c5ccccc5)ccc4)cc(C(C)(C)C)c3c3ccccc32)c1.[Pt]. The summed E-state index contributed by atoms with van der Waals surface area (Å²) in [6, 6.07) is 67.7. The van der Waals surface area contributed by atoms with Crippen molar-refractivity contribution in [1.29, 1.82) is 0 Å². The van der Waals surface area contributed by atoms with Crippen LogP contribution in [0.5, 0.6) is 11.5 Å². The molecular weight excluding hydrogens is 1040 g/mol. The number of benzene rings is 7. The van der Waals surface area contributed by atoms with Gasteiger partial charge in [-0.15, -0.1) is 29.8 Å². The fraction of sp³-hybridized carbons (Fsp3) is 0.219. The molecule has 0 N–H and O–H groups in total. The van der Waals surface area contributed by atoms with E-state index in [4.69, 9.17) is 9.72 Å². The molecule has 0 aliphatic rings. The molecule has 0 amide bonds.